The number of nitrogens with one attached hydrogen (secondary N) is 3. The average molecular weight is 398 g/mol. The van der Waals surface area contributed by atoms with Crippen LogP contribution in [0.15, 0.2) is 23.2 Å². The van der Waals surface area contributed by atoms with Crippen LogP contribution in [0.5, 0.6) is 11.5 Å². The molecule has 1 amide bonds. The minimum atomic E-state index is -2.90. The lowest BCUT2D eigenvalue weighted by atomic mass is 9.85. The maximum absolute atomic E-state index is 12.6. The lowest BCUT2D eigenvalue weighted by Crippen LogP contribution is -2.39. The summed E-state index contributed by atoms with van der Waals surface area (Å²) in [5.41, 5.74) is 0.523. The molecule has 1 fully saturated rings. The molecule has 0 bridgehead atoms. The number of carbonyl (C=O) groups excluding carboxylic acids is 1. The molecule has 156 valence electrons. The highest BCUT2D eigenvalue weighted by molar-refractivity contribution is 5.80. The summed E-state index contributed by atoms with van der Waals surface area (Å²) in [5.74, 6) is 1.48. The third-order valence-electron chi connectivity index (χ3n) is 4.57. The standard InChI is InChI=1S/C19H28F2N4O3/c1-22-19(24-10-4-9-23-17(26)13-5-3-6-13)25-12-14-11-15(27-2)7-8-16(14)28-18(20)21/h7-8,11,13,18H,3-6,9-10,12H2,1-2H3,(H,23,26)(H2,22,24,25). The number of hydrogen-bond donors (Lipinski definition) is 3. The fraction of sp³-hybridized carbons (Fsp3) is 0.579. The molecule has 0 heterocycles. The Hall–Kier alpha value is -2.58. The summed E-state index contributed by atoms with van der Waals surface area (Å²) in [4.78, 5) is 15.9. The van der Waals surface area contributed by atoms with Crippen molar-refractivity contribution < 1.29 is 23.0 Å². The van der Waals surface area contributed by atoms with Gasteiger partial charge in [0.1, 0.15) is 11.5 Å². The van der Waals surface area contributed by atoms with Gasteiger partial charge in [0, 0.05) is 38.2 Å². The first-order chi connectivity index (χ1) is 13.5. The van der Waals surface area contributed by atoms with E-state index >= 15 is 0 Å². The molecule has 28 heavy (non-hydrogen) atoms. The first-order valence-electron chi connectivity index (χ1n) is 9.37. The zero-order valence-corrected chi connectivity index (χ0v) is 16.3. The number of ether oxygens (including phenoxy) is 2. The second kappa shape index (κ2) is 11.3. The lowest BCUT2D eigenvalue weighted by molar-refractivity contribution is -0.127. The van der Waals surface area contributed by atoms with Crippen molar-refractivity contribution in [2.45, 2.75) is 38.8 Å². The van der Waals surface area contributed by atoms with Crippen molar-refractivity contribution in [1.29, 1.82) is 0 Å². The van der Waals surface area contributed by atoms with Crippen LogP contribution in [0.4, 0.5) is 8.78 Å². The molecule has 2 rings (SSSR count). The fourth-order valence-corrected chi connectivity index (χ4v) is 2.75. The van der Waals surface area contributed by atoms with Crippen LogP contribution < -0.4 is 25.4 Å². The van der Waals surface area contributed by atoms with Crippen molar-refractivity contribution in [2.75, 3.05) is 27.2 Å². The SMILES string of the molecule is CN=C(NCCCNC(=O)C1CCC1)NCc1cc(OC)ccc1OC(F)F. The van der Waals surface area contributed by atoms with E-state index in [9.17, 15) is 13.6 Å². The Labute approximate surface area is 163 Å². The second-order valence-corrected chi connectivity index (χ2v) is 6.48. The Balaban J connectivity index is 1.75. The number of guanidine groups is 1. The Morgan fingerprint density at radius 3 is 2.61 bits per heavy atom. The summed E-state index contributed by atoms with van der Waals surface area (Å²) in [7, 11) is 3.13. The van der Waals surface area contributed by atoms with Gasteiger partial charge in [-0.2, -0.15) is 8.78 Å². The van der Waals surface area contributed by atoms with Gasteiger partial charge < -0.3 is 25.4 Å². The van der Waals surface area contributed by atoms with Crippen molar-refractivity contribution in [1.82, 2.24) is 16.0 Å². The van der Waals surface area contributed by atoms with E-state index in [0.717, 1.165) is 25.7 Å². The molecule has 0 unspecified atom stereocenters. The van der Waals surface area contributed by atoms with Crippen molar-refractivity contribution in [3.05, 3.63) is 23.8 Å². The van der Waals surface area contributed by atoms with Crippen LogP contribution in [0.1, 0.15) is 31.2 Å². The molecule has 1 aliphatic carbocycles. The third-order valence-corrected chi connectivity index (χ3v) is 4.57. The molecule has 0 radical (unpaired) electrons. The molecular weight excluding hydrogens is 370 g/mol. The number of benzene rings is 1. The molecule has 0 aliphatic heterocycles. The van der Waals surface area contributed by atoms with Crippen LogP contribution in [-0.4, -0.2) is 45.7 Å². The number of amides is 1. The minimum Gasteiger partial charge on any atom is -0.497 e. The molecule has 0 aromatic heterocycles. The van der Waals surface area contributed by atoms with E-state index in [0.29, 0.717) is 30.4 Å². The number of alkyl halides is 2. The topological polar surface area (TPSA) is 84.0 Å². The maximum atomic E-state index is 12.6. The number of nitrogens with zero attached hydrogens (tertiary/aromatic N) is 1. The summed E-state index contributed by atoms with van der Waals surface area (Å²) in [6.45, 7) is -1.46. The van der Waals surface area contributed by atoms with Crippen molar-refractivity contribution in [3.8, 4) is 11.5 Å². The molecule has 0 spiro atoms. The third kappa shape index (κ3) is 6.86. The number of carbonyl (C=O) groups is 1. The largest absolute Gasteiger partial charge is 0.497 e. The molecule has 1 saturated carbocycles. The number of hydrogen-bond acceptors (Lipinski definition) is 4. The number of methoxy groups -OCH3 is 1. The van der Waals surface area contributed by atoms with Gasteiger partial charge in [-0.05, 0) is 37.5 Å². The second-order valence-electron chi connectivity index (χ2n) is 6.48. The summed E-state index contributed by atoms with van der Waals surface area (Å²) >= 11 is 0. The van der Waals surface area contributed by atoms with E-state index in [1.165, 1.54) is 13.2 Å². The van der Waals surface area contributed by atoms with Gasteiger partial charge in [-0.1, -0.05) is 6.42 Å². The highest BCUT2D eigenvalue weighted by atomic mass is 19.3. The lowest BCUT2D eigenvalue weighted by Gasteiger charge is -2.24. The highest BCUT2D eigenvalue weighted by Gasteiger charge is 2.24. The molecule has 0 saturated heterocycles. The number of aliphatic imine (C=N–C) groups is 1. The van der Waals surface area contributed by atoms with Gasteiger partial charge in [0.15, 0.2) is 5.96 Å². The smallest absolute Gasteiger partial charge is 0.387 e. The van der Waals surface area contributed by atoms with Crippen molar-refractivity contribution in [3.63, 3.8) is 0 Å². The number of rotatable bonds is 10. The van der Waals surface area contributed by atoms with Crippen LogP contribution in [0, 0.1) is 5.92 Å². The van der Waals surface area contributed by atoms with E-state index in [4.69, 9.17) is 4.74 Å². The molecule has 1 aromatic carbocycles. The minimum absolute atomic E-state index is 0.0810. The normalized spacial score (nSPS) is 14.4. The summed E-state index contributed by atoms with van der Waals surface area (Å²) < 4.78 is 34.8. The van der Waals surface area contributed by atoms with E-state index in [1.54, 1.807) is 19.2 Å². The van der Waals surface area contributed by atoms with Crippen LogP contribution in [0.3, 0.4) is 0 Å². The van der Waals surface area contributed by atoms with E-state index in [2.05, 4.69) is 25.7 Å². The van der Waals surface area contributed by atoms with Crippen molar-refractivity contribution in [2.24, 2.45) is 10.9 Å². The molecule has 1 aliphatic rings. The van der Waals surface area contributed by atoms with Crippen LogP contribution >= 0.6 is 0 Å². The maximum Gasteiger partial charge on any atom is 0.387 e. The van der Waals surface area contributed by atoms with Gasteiger partial charge in [0.05, 0.1) is 7.11 Å². The van der Waals surface area contributed by atoms with Crippen LogP contribution in [0.2, 0.25) is 0 Å². The van der Waals surface area contributed by atoms with Gasteiger partial charge in [0.25, 0.3) is 0 Å². The first kappa shape index (κ1) is 21.7. The number of halogens is 2. The van der Waals surface area contributed by atoms with Crippen LogP contribution in [0.25, 0.3) is 0 Å². The molecular formula is C19H28F2N4O3. The Morgan fingerprint density at radius 1 is 1.25 bits per heavy atom. The van der Waals surface area contributed by atoms with Gasteiger partial charge in [-0.25, -0.2) is 0 Å². The Bertz CT molecular complexity index is 667. The summed E-state index contributed by atoms with van der Waals surface area (Å²) in [6, 6.07) is 4.64. The quantitative estimate of drug-likeness (QED) is 0.320. The molecule has 9 heteroatoms. The molecule has 0 atom stereocenters. The van der Waals surface area contributed by atoms with Gasteiger partial charge in [0.2, 0.25) is 5.91 Å². The highest BCUT2D eigenvalue weighted by Crippen LogP contribution is 2.26. The van der Waals surface area contributed by atoms with Gasteiger partial charge in [-0.3, -0.25) is 9.79 Å². The Morgan fingerprint density at radius 2 is 2.00 bits per heavy atom. The average Bonchev–Trinajstić information content (AvgIpc) is 2.63. The van der Waals surface area contributed by atoms with Crippen molar-refractivity contribution >= 4 is 11.9 Å². The monoisotopic (exact) mass is 398 g/mol. The van der Waals surface area contributed by atoms with E-state index in [1.807, 2.05) is 0 Å². The zero-order chi connectivity index (χ0) is 20.4. The summed E-state index contributed by atoms with van der Waals surface area (Å²) in [6.07, 6.45) is 3.86. The molecule has 7 nitrogen and oxygen atoms in total. The molecule has 3 N–H and O–H groups in total. The van der Waals surface area contributed by atoms with Gasteiger partial charge in [-0.15, -0.1) is 0 Å². The van der Waals surface area contributed by atoms with Gasteiger partial charge >= 0.3 is 6.61 Å². The fourth-order valence-electron chi connectivity index (χ4n) is 2.75. The predicted molar refractivity (Wildman–Crippen MR) is 103 cm³/mol. The first-order valence-corrected chi connectivity index (χ1v) is 9.37. The van der Waals surface area contributed by atoms with E-state index < -0.39 is 6.61 Å². The molecule has 1 aromatic rings. The predicted octanol–water partition coefficient (Wildman–Crippen LogP) is 2.27. The summed E-state index contributed by atoms with van der Waals surface area (Å²) in [5, 5.41) is 9.12. The zero-order valence-electron chi connectivity index (χ0n) is 16.3. The van der Waals surface area contributed by atoms with Crippen LogP contribution in [-0.2, 0) is 11.3 Å². The Kier molecular flexibility index (Phi) is 8.77. The van der Waals surface area contributed by atoms with E-state index in [-0.39, 0.29) is 24.1 Å².